The number of phosphoric ester groups is 1. The smallest absolute Gasteiger partial charge is 0.469 e. The van der Waals surface area contributed by atoms with E-state index in [1.807, 2.05) is 0 Å². The molecule has 0 amide bonds. The van der Waals surface area contributed by atoms with Crippen LogP contribution in [0.25, 0.3) is 11.2 Å². The van der Waals surface area contributed by atoms with Crippen molar-refractivity contribution >= 4 is 19.0 Å². The standard InChI is InChI=1S/C12H17N4O8P/c1-2-5(24-25(20,21)22)9-7(17)8(18)12(23-9)16-4-15-6-10(16)13-3-14-11(6)19/h3-5,7-9,12,17-18H,2H2,1H3,(H,13,14,19)(H2,20,21,22)/t5?,7-,8+,9+,12+/m0/s1. The summed E-state index contributed by atoms with van der Waals surface area (Å²) >= 11 is 0. The molecule has 3 rings (SSSR count). The Morgan fingerprint density at radius 3 is 2.68 bits per heavy atom. The lowest BCUT2D eigenvalue weighted by Gasteiger charge is -2.24. The van der Waals surface area contributed by atoms with E-state index in [4.69, 9.17) is 14.5 Å². The number of fused-ring (bicyclic) bond motifs is 1. The summed E-state index contributed by atoms with van der Waals surface area (Å²) in [6, 6.07) is 0. The monoisotopic (exact) mass is 376 g/mol. The van der Waals surface area contributed by atoms with Crippen LogP contribution in [0.2, 0.25) is 0 Å². The average Bonchev–Trinajstić information content (AvgIpc) is 3.08. The summed E-state index contributed by atoms with van der Waals surface area (Å²) in [5.41, 5.74) is 0.239. The Morgan fingerprint density at radius 1 is 1.32 bits per heavy atom. The molecule has 1 unspecified atom stereocenters. The summed E-state index contributed by atoms with van der Waals surface area (Å²) in [6.07, 6.45) is -3.92. The van der Waals surface area contributed by atoms with E-state index in [1.54, 1.807) is 6.92 Å². The topological polar surface area (TPSA) is 180 Å². The number of aliphatic hydroxyl groups is 2. The first kappa shape index (κ1) is 18.1. The van der Waals surface area contributed by atoms with Crippen LogP contribution >= 0.6 is 7.82 Å². The molecule has 1 aliphatic rings. The number of ether oxygens (including phenoxy) is 1. The molecule has 25 heavy (non-hydrogen) atoms. The van der Waals surface area contributed by atoms with Gasteiger partial charge >= 0.3 is 7.82 Å². The van der Waals surface area contributed by atoms with Crippen molar-refractivity contribution in [3.8, 4) is 5.88 Å². The van der Waals surface area contributed by atoms with E-state index in [0.29, 0.717) is 0 Å². The number of aromatic nitrogens is 4. The number of hydrogen-bond acceptors (Lipinski definition) is 9. The minimum absolute atomic E-state index is 0.0785. The second kappa shape index (κ2) is 6.57. The molecule has 13 heteroatoms. The summed E-state index contributed by atoms with van der Waals surface area (Å²) in [5.74, 6) is -0.357. The molecule has 3 heterocycles. The van der Waals surface area contributed by atoms with Crippen LogP contribution in [0.1, 0.15) is 19.6 Å². The number of phosphoric acid groups is 1. The molecular weight excluding hydrogens is 359 g/mol. The first-order valence-corrected chi connectivity index (χ1v) is 8.88. The highest BCUT2D eigenvalue weighted by Crippen LogP contribution is 2.42. The number of aromatic hydroxyl groups is 1. The van der Waals surface area contributed by atoms with Gasteiger partial charge in [0.25, 0.3) is 0 Å². The zero-order valence-corrected chi connectivity index (χ0v) is 13.8. The molecule has 12 nitrogen and oxygen atoms in total. The van der Waals surface area contributed by atoms with Gasteiger partial charge in [0.1, 0.15) is 24.6 Å². The van der Waals surface area contributed by atoms with Gasteiger partial charge in [-0.1, -0.05) is 6.92 Å². The minimum atomic E-state index is -4.81. The molecule has 5 N–H and O–H groups in total. The van der Waals surface area contributed by atoms with Crippen LogP contribution in [0.5, 0.6) is 5.88 Å². The maximum atomic E-state index is 11.1. The quantitative estimate of drug-likeness (QED) is 0.405. The molecule has 1 saturated heterocycles. The van der Waals surface area contributed by atoms with Gasteiger partial charge in [0.05, 0.1) is 12.4 Å². The predicted octanol–water partition coefficient (Wildman–Crippen LogP) is -0.961. The van der Waals surface area contributed by atoms with Crippen molar-refractivity contribution in [1.29, 1.82) is 0 Å². The van der Waals surface area contributed by atoms with Gasteiger partial charge in [0, 0.05) is 0 Å². The molecule has 0 spiro atoms. The van der Waals surface area contributed by atoms with Crippen LogP contribution in [0.15, 0.2) is 12.7 Å². The van der Waals surface area contributed by atoms with Gasteiger partial charge < -0.3 is 29.8 Å². The van der Waals surface area contributed by atoms with Crippen LogP contribution in [0.4, 0.5) is 0 Å². The van der Waals surface area contributed by atoms with Gasteiger partial charge in [-0.05, 0) is 6.42 Å². The van der Waals surface area contributed by atoms with Crippen molar-refractivity contribution in [3.63, 3.8) is 0 Å². The molecule has 138 valence electrons. The van der Waals surface area contributed by atoms with E-state index in [9.17, 15) is 19.9 Å². The molecule has 1 fully saturated rings. The van der Waals surface area contributed by atoms with Gasteiger partial charge in [-0.25, -0.2) is 14.5 Å². The van der Waals surface area contributed by atoms with Crippen molar-refractivity contribution in [3.05, 3.63) is 12.7 Å². The van der Waals surface area contributed by atoms with Crippen LogP contribution in [-0.4, -0.2) is 69.0 Å². The third kappa shape index (κ3) is 3.37. The highest BCUT2D eigenvalue weighted by Gasteiger charge is 2.48. The highest BCUT2D eigenvalue weighted by molar-refractivity contribution is 7.46. The Kier molecular flexibility index (Phi) is 4.77. The Bertz CT molecular complexity index is 810. The maximum Gasteiger partial charge on any atom is 0.469 e. The van der Waals surface area contributed by atoms with E-state index in [-0.39, 0.29) is 23.5 Å². The van der Waals surface area contributed by atoms with Gasteiger partial charge in [0.2, 0.25) is 5.88 Å². The fraction of sp³-hybridized carbons (Fsp3) is 0.583. The lowest BCUT2D eigenvalue weighted by molar-refractivity contribution is -0.0816. The average molecular weight is 376 g/mol. The second-order valence-electron chi connectivity index (χ2n) is 5.54. The molecule has 0 aliphatic carbocycles. The number of rotatable bonds is 5. The molecule has 2 aromatic rings. The Hall–Kier alpha value is -1.66. The molecule has 0 aromatic carbocycles. The Labute approximate surface area is 140 Å². The van der Waals surface area contributed by atoms with E-state index in [1.165, 1.54) is 10.9 Å². The zero-order chi connectivity index (χ0) is 18.4. The molecule has 0 bridgehead atoms. The van der Waals surface area contributed by atoms with Crippen LogP contribution in [-0.2, 0) is 13.8 Å². The summed E-state index contributed by atoms with van der Waals surface area (Å²) in [7, 11) is -4.81. The minimum Gasteiger partial charge on any atom is -0.492 e. The van der Waals surface area contributed by atoms with E-state index < -0.39 is 38.5 Å². The summed E-state index contributed by atoms with van der Waals surface area (Å²) in [6.45, 7) is 1.59. The van der Waals surface area contributed by atoms with E-state index in [2.05, 4.69) is 19.5 Å². The van der Waals surface area contributed by atoms with Gasteiger partial charge in [0.15, 0.2) is 17.4 Å². The van der Waals surface area contributed by atoms with Crippen LogP contribution < -0.4 is 0 Å². The van der Waals surface area contributed by atoms with Gasteiger partial charge in [-0.15, -0.1) is 0 Å². The molecule has 0 saturated carbocycles. The lowest BCUT2D eigenvalue weighted by Crippen LogP contribution is -2.39. The normalized spacial score (nSPS) is 28.5. The molecule has 5 atom stereocenters. The number of nitrogens with zero attached hydrogens (tertiary/aromatic N) is 4. The van der Waals surface area contributed by atoms with Crippen molar-refractivity contribution in [1.82, 2.24) is 19.5 Å². The van der Waals surface area contributed by atoms with Crippen molar-refractivity contribution in [2.75, 3.05) is 0 Å². The second-order valence-corrected chi connectivity index (χ2v) is 6.73. The number of aliphatic hydroxyl groups excluding tert-OH is 2. The number of hydrogen-bond donors (Lipinski definition) is 5. The van der Waals surface area contributed by atoms with Crippen LogP contribution in [0.3, 0.4) is 0 Å². The first-order valence-electron chi connectivity index (χ1n) is 7.35. The van der Waals surface area contributed by atoms with Gasteiger partial charge in [-0.3, -0.25) is 9.09 Å². The Balaban J connectivity index is 1.91. The van der Waals surface area contributed by atoms with Crippen molar-refractivity contribution in [2.24, 2.45) is 0 Å². The fourth-order valence-electron chi connectivity index (χ4n) is 2.79. The molecule has 1 aliphatic heterocycles. The predicted molar refractivity (Wildman–Crippen MR) is 80.1 cm³/mol. The SMILES string of the molecule is CCC(OP(=O)(O)O)[C@H]1O[C@@H](n2cnc3c(O)ncnc32)[C@H](O)[C@@H]1O. The number of imidazole rings is 1. The van der Waals surface area contributed by atoms with Crippen LogP contribution in [0, 0.1) is 0 Å². The van der Waals surface area contributed by atoms with Crippen molar-refractivity contribution in [2.45, 2.75) is 44.0 Å². The third-order valence-corrected chi connectivity index (χ3v) is 4.48. The zero-order valence-electron chi connectivity index (χ0n) is 12.9. The maximum absolute atomic E-state index is 11.1. The first-order chi connectivity index (χ1) is 11.7. The Morgan fingerprint density at radius 2 is 2.04 bits per heavy atom. The largest absolute Gasteiger partial charge is 0.492 e. The fourth-order valence-corrected chi connectivity index (χ4v) is 3.41. The van der Waals surface area contributed by atoms with Gasteiger partial charge in [-0.2, -0.15) is 4.98 Å². The summed E-state index contributed by atoms with van der Waals surface area (Å²) in [4.78, 5) is 29.4. The molecule has 2 aromatic heterocycles. The van der Waals surface area contributed by atoms with E-state index in [0.717, 1.165) is 6.33 Å². The summed E-state index contributed by atoms with van der Waals surface area (Å²) in [5, 5.41) is 30.2. The summed E-state index contributed by atoms with van der Waals surface area (Å²) < 4.78 is 22.6. The lowest BCUT2D eigenvalue weighted by atomic mass is 10.0. The molecular formula is C12H17N4O8P. The van der Waals surface area contributed by atoms with Crippen molar-refractivity contribution < 1.29 is 38.9 Å². The highest BCUT2D eigenvalue weighted by atomic mass is 31.2. The van der Waals surface area contributed by atoms with E-state index >= 15 is 0 Å². The third-order valence-electron chi connectivity index (χ3n) is 3.93. The molecule has 0 radical (unpaired) electrons.